The van der Waals surface area contributed by atoms with E-state index < -0.39 is 0 Å². The van der Waals surface area contributed by atoms with Gasteiger partial charge in [-0.1, -0.05) is 74.6 Å². The predicted molar refractivity (Wildman–Crippen MR) is 125 cm³/mol. The summed E-state index contributed by atoms with van der Waals surface area (Å²) in [6.07, 6.45) is 3.83. The monoisotopic (exact) mass is 429 g/mol. The summed E-state index contributed by atoms with van der Waals surface area (Å²) in [5, 5.41) is 4.48. The van der Waals surface area contributed by atoms with E-state index in [2.05, 4.69) is 49.1 Å². The number of benzene rings is 2. The molecule has 0 saturated heterocycles. The Kier molecular flexibility index (Phi) is 4.55. The minimum absolute atomic E-state index is 0.0859. The van der Waals surface area contributed by atoms with Gasteiger partial charge in [-0.05, 0) is 41.7 Å². The zero-order valence-corrected chi connectivity index (χ0v) is 18.7. The van der Waals surface area contributed by atoms with Gasteiger partial charge >= 0.3 is 0 Å². The molecular formula is C25H23N3O2S. The van der Waals surface area contributed by atoms with Crippen LogP contribution in [0.15, 0.2) is 58.9 Å². The molecular weight excluding hydrogens is 406 g/mol. The van der Waals surface area contributed by atoms with Crippen LogP contribution in [-0.4, -0.2) is 20.7 Å². The molecule has 4 aromatic rings. The van der Waals surface area contributed by atoms with Gasteiger partial charge in [0.2, 0.25) is 4.96 Å². The van der Waals surface area contributed by atoms with E-state index in [0.29, 0.717) is 15.3 Å². The van der Waals surface area contributed by atoms with E-state index in [0.717, 1.165) is 22.4 Å². The first-order valence-corrected chi connectivity index (χ1v) is 11.1. The Morgan fingerprint density at radius 2 is 1.84 bits per heavy atom. The number of fused-ring (bicyclic) bond motifs is 2. The van der Waals surface area contributed by atoms with Gasteiger partial charge in [0.25, 0.3) is 5.56 Å². The number of hydrogen-bond acceptors (Lipinski definition) is 5. The van der Waals surface area contributed by atoms with E-state index >= 15 is 0 Å². The number of ether oxygens (including phenoxy) is 1. The van der Waals surface area contributed by atoms with Gasteiger partial charge in [0.1, 0.15) is 11.9 Å². The fraction of sp³-hybridized carbons (Fsp3) is 0.240. The van der Waals surface area contributed by atoms with Crippen LogP contribution < -0.4 is 14.8 Å². The molecule has 3 heterocycles. The Balaban J connectivity index is 1.52. The quantitative estimate of drug-likeness (QED) is 0.471. The molecule has 31 heavy (non-hydrogen) atoms. The lowest BCUT2D eigenvalue weighted by molar-refractivity contribution is 0.259. The Labute approximate surface area is 184 Å². The third-order valence-corrected chi connectivity index (χ3v) is 6.46. The van der Waals surface area contributed by atoms with Gasteiger partial charge in [0.15, 0.2) is 5.82 Å². The molecule has 5 nitrogen and oxygen atoms in total. The summed E-state index contributed by atoms with van der Waals surface area (Å²) in [5.74, 6) is 1.43. The number of rotatable bonds is 2. The highest BCUT2D eigenvalue weighted by Crippen LogP contribution is 2.30. The summed E-state index contributed by atoms with van der Waals surface area (Å²) in [4.78, 5) is 18.2. The lowest BCUT2D eigenvalue weighted by Crippen LogP contribution is -2.26. The van der Waals surface area contributed by atoms with Crippen molar-refractivity contribution in [2.45, 2.75) is 39.2 Å². The molecule has 0 spiro atoms. The zero-order chi connectivity index (χ0) is 21.8. The molecule has 2 aromatic heterocycles. The second kappa shape index (κ2) is 7.17. The molecule has 1 unspecified atom stereocenters. The van der Waals surface area contributed by atoms with Crippen molar-refractivity contribution in [1.82, 2.24) is 14.6 Å². The highest BCUT2D eigenvalue weighted by Gasteiger charge is 2.19. The highest BCUT2D eigenvalue weighted by atomic mass is 32.1. The molecule has 5 rings (SSSR count). The van der Waals surface area contributed by atoms with E-state index in [9.17, 15) is 4.79 Å². The number of nitrogens with zero attached hydrogens (tertiary/aromatic N) is 3. The molecule has 0 saturated carbocycles. The average Bonchev–Trinajstić information content (AvgIpc) is 3.28. The summed E-state index contributed by atoms with van der Waals surface area (Å²) >= 11 is 1.35. The van der Waals surface area contributed by atoms with Crippen molar-refractivity contribution in [2.75, 3.05) is 0 Å². The standard InChI is InChI=1S/C25H23N3O2S/c1-15-18(13-17-7-5-6-8-20(17)30-15)14-21-23(29)28-24(31-21)26-22(27-28)16-9-11-19(12-10-16)25(2,3)4/h5-15H,1-4H3. The van der Waals surface area contributed by atoms with Crippen LogP contribution in [0.2, 0.25) is 0 Å². The van der Waals surface area contributed by atoms with Crippen LogP contribution in [0.5, 0.6) is 5.75 Å². The Morgan fingerprint density at radius 1 is 1.10 bits per heavy atom. The van der Waals surface area contributed by atoms with E-state index in [1.165, 1.54) is 21.4 Å². The van der Waals surface area contributed by atoms with Crippen molar-refractivity contribution in [2.24, 2.45) is 0 Å². The summed E-state index contributed by atoms with van der Waals surface area (Å²) in [7, 11) is 0. The van der Waals surface area contributed by atoms with Crippen LogP contribution in [0.1, 0.15) is 38.8 Å². The first-order chi connectivity index (χ1) is 14.8. The van der Waals surface area contributed by atoms with Crippen molar-refractivity contribution >= 4 is 28.4 Å². The molecule has 0 N–H and O–H groups in total. The molecule has 6 heteroatoms. The molecule has 0 aliphatic carbocycles. The molecule has 0 radical (unpaired) electrons. The largest absolute Gasteiger partial charge is 0.485 e. The van der Waals surface area contributed by atoms with E-state index in [-0.39, 0.29) is 17.1 Å². The zero-order valence-electron chi connectivity index (χ0n) is 17.9. The lowest BCUT2D eigenvalue weighted by Gasteiger charge is -2.22. The lowest BCUT2D eigenvalue weighted by atomic mass is 9.87. The van der Waals surface area contributed by atoms with Crippen LogP contribution in [0, 0.1) is 0 Å². The van der Waals surface area contributed by atoms with E-state index in [1.807, 2.05) is 49.4 Å². The second-order valence-electron chi connectivity index (χ2n) is 8.82. The number of aromatic nitrogens is 3. The molecule has 1 aliphatic heterocycles. The van der Waals surface area contributed by atoms with Gasteiger partial charge in [-0.25, -0.2) is 0 Å². The normalized spacial score (nSPS) is 16.8. The Morgan fingerprint density at radius 3 is 2.55 bits per heavy atom. The van der Waals surface area contributed by atoms with Crippen LogP contribution in [0.4, 0.5) is 0 Å². The molecule has 0 bridgehead atoms. The van der Waals surface area contributed by atoms with Gasteiger partial charge in [-0.2, -0.15) is 9.50 Å². The maximum absolute atomic E-state index is 13.0. The molecule has 2 aromatic carbocycles. The van der Waals surface area contributed by atoms with Crippen molar-refractivity contribution in [3.05, 3.63) is 80.1 Å². The van der Waals surface area contributed by atoms with Crippen molar-refractivity contribution in [3.63, 3.8) is 0 Å². The molecule has 0 amide bonds. The van der Waals surface area contributed by atoms with Gasteiger partial charge in [-0.3, -0.25) is 4.79 Å². The minimum Gasteiger partial charge on any atom is -0.485 e. The summed E-state index contributed by atoms with van der Waals surface area (Å²) in [5.41, 5.74) is 4.05. The third-order valence-electron chi connectivity index (χ3n) is 5.50. The number of para-hydroxylation sites is 1. The van der Waals surface area contributed by atoms with Crippen molar-refractivity contribution in [3.8, 4) is 17.1 Å². The Bertz CT molecular complexity index is 1420. The van der Waals surface area contributed by atoms with E-state index in [1.54, 1.807) is 0 Å². The van der Waals surface area contributed by atoms with Crippen molar-refractivity contribution < 1.29 is 4.74 Å². The summed E-state index contributed by atoms with van der Waals surface area (Å²) in [6, 6.07) is 16.1. The summed E-state index contributed by atoms with van der Waals surface area (Å²) in [6.45, 7) is 8.53. The fourth-order valence-corrected chi connectivity index (χ4v) is 4.56. The van der Waals surface area contributed by atoms with E-state index in [4.69, 9.17) is 4.74 Å². The molecule has 156 valence electrons. The minimum atomic E-state index is -0.156. The van der Waals surface area contributed by atoms with Gasteiger partial charge < -0.3 is 4.74 Å². The first kappa shape index (κ1) is 19.7. The van der Waals surface area contributed by atoms with Gasteiger partial charge in [0.05, 0.1) is 4.53 Å². The molecule has 0 fully saturated rings. The fourth-order valence-electron chi connectivity index (χ4n) is 3.65. The van der Waals surface area contributed by atoms with Gasteiger partial charge in [-0.15, -0.1) is 5.10 Å². The van der Waals surface area contributed by atoms with Gasteiger partial charge in [0, 0.05) is 11.1 Å². The number of thiazole rings is 1. The molecule has 1 aliphatic rings. The van der Waals surface area contributed by atoms with Crippen LogP contribution in [0.25, 0.3) is 28.5 Å². The Hall–Kier alpha value is -3.25. The third kappa shape index (κ3) is 3.57. The maximum atomic E-state index is 13.0. The predicted octanol–water partition coefficient (Wildman–Crippen LogP) is 4.48. The van der Waals surface area contributed by atoms with Crippen LogP contribution in [-0.2, 0) is 5.41 Å². The average molecular weight is 430 g/mol. The smallest absolute Gasteiger partial charge is 0.291 e. The maximum Gasteiger partial charge on any atom is 0.291 e. The van der Waals surface area contributed by atoms with Crippen LogP contribution >= 0.6 is 11.3 Å². The summed E-state index contributed by atoms with van der Waals surface area (Å²) < 4.78 is 7.99. The topological polar surface area (TPSA) is 56.5 Å². The SMILES string of the molecule is CC1Oc2ccccc2C=C1C=c1sc2nc(-c3ccc(C(C)(C)C)cc3)nn2c1=O. The number of hydrogen-bond donors (Lipinski definition) is 0. The van der Waals surface area contributed by atoms with Crippen molar-refractivity contribution in [1.29, 1.82) is 0 Å². The highest BCUT2D eigenvalue weighted by molar-refractivity contribution is 7.15. The molecule has 1 atom stereocenters. The second-order valence-corrected chi connectivity index (χ2v) is 9.82. The first-order valence-electron chi connectivity index (χ1n) is 10.3. The van der Waals surface area contributed by atoms with Crippen LogP contribution in [0.3, 0.4) is 0 Å².